The molecule has 6 heteroatoms. The van der Waals surface area contributed by atoms with Crippen molar-refractivity contribution in [2.75, 3.05) is 45.7 Å². The number of ether oxygens (including phenoxy) is 1. The molecule has 1 aliphatic rings. The summed E-state index contributed by atoms with van der Waals surface area (Å²) >= 11 is 0. The van der Waals surface area contributed by atoms with Gasteiger partial charge < -0.3 is 19.9 Å². The molecule has 1 amide bonds. The van der Waals surface area contributed by atoms with E-state index >= 15 is 0 Å². The second-order valence-corrected chi connectivity index (χ2v) is 6.26. The van der Waals surface area contributed by atoms with Crippen LogP contribution in [0, 0.1) is 0 Å². The zero-order valence-electron chi connectivity index (χ0n) is 14.9. The predicted molar refractivity (Wildman–Crippen MR) is 98.2 cm³/mol. The van der Waals surface area contributed by atoms with E-state index in [0.717, 1.165) is 23.7 Å². The summed E-state index contributed by atoms with van der Waals surface area (Å²) < 4.78 is 5.50. The lowest BCUT2D eigenvalue weighted by Gasteiger charge is -2.37. The van der Waals surface area contributed by atoms with Crippen LogP contribution < -0.4 is 15.0 Å². The summed E-state index contributed by atoms with van der Waals surface area (Å²) in [4.78, 5) is 21.3. The number of benzene rings is 1. The van der Waals surface area contributed by atoms with Crippen molar-refractivity contribution < 1.29 is 9.53 Å². The lowest BCUT2D eigenvalue weighted by Crippen LogP contribution is -2.48. The molecule has 25 heavy (non-hydrogen) atoms. The van der Waals surface area contributed by atoms with Gasteiger partial charge in [0, 0.05) is 51.1 Å². The minimum Gasteiger partial charge on any atom is -0.496 e. The van der Waals surface area contributed by atoms with E-state index in [1.165, 1.54) is 0 Å². The molecule has 6 nitrogen and oxygen atoms in total. The number of aromatic nitrogens is 1. The van der Waals surface area contributed by atoms with Crippen LogP contribution in [-0.2, 0) is 0 Å². The molecule has 0 bridgehead atoms. The second kappa shape index (κ2) is 7.53. The van der Waals surface area contributed by atoms with Gasteiger partial charge in [-0.3, -0.25) is 4.79 Å². The van der Waals surface area contributed by atoms with Gasteiger partial charge in [-0.05, 0) is 18.2 Å². The van der Waals surface area contributed by atoms with Crippen LogP contribution in [0.1, 0.15) is 22.0 Å². The third-order valence-corrected chi connectivity index (χ3v) is 4.45. The molecule has 1 unspecified atom stereocenters. The number of pyridine rings is 1. The van der Waals surface area contributed by atoms with Gasteiger partial charge in [-0.1, -0.05) is 18.2 Å². The maximum atomic E-state index is 13.2. The van der Waals surface area contributed by atoms with Crippen molar-refractivity contribution in [1.82, 2.24) is 15.2 Å². The molecule has 1 aromatic carbocycles. The van der Waals surface area contributed by atoms with E-state index < -0.39 is 0 Å². The van der Waals surface area contributed by atoms with Gasteiger partial charge in [0.1, 0.15) is 11.6 Å². The number of carbonyl (C=O) groups excluding carboxylic acids is 1. The average Bonchev–Trinajstić information content (AvgIpc) is 2.67. The highest BCUT2D eigenvalue weighted by Gasteiger charge is 2.30. The van der Waals surface area contributed by atoms with Crippen LogP contribution in [0.25, 0.3) is 0 Å². The Labute approximate surface area is 148 Å². The highest BCUT2D eigenvalue weighted by atomic mass is 16.5. The zero-order chi connectivity index (χ0) is 17.8. The maximum absolute atomic E-state index is 13.2. The first kappa shape index (κ1) is 17.2. The van der Waals surface area contributed by atoms with Crippen LogP contribution in [0.15, 0.2) is 42.6 Å². The number of para-hydroxylation sites is 1. The van der Waals surface area contributed by atoms with Crippen molar-refractivity contribution in [3.8, 4) is 5.75 Å². The molecule has 1 N–H and O–H groups in total. The van der Waals surface area contributed by atoms with Gasteiger partial charge in [0.2, 0.25) is 0 Å². The van der Waals surface area contributed by atoms with Gasteiger partial charge >= 0.3 is 0 Å². The lowest BCUT2D eigenvalue weighted by molar-refractivity contribution is 0.0631. The number of amides is 1. The van der Waals surface area contributed by atoms with Crippen LogP contribution in [-0.4, -0.2) is 56.6 Å². The normalized spacial score (nSPS) is 17.2. The van der Waals surface area contributed by atoms with Gasteiger partial charge in [0.15, 0.2) is 0 Å². The number of piperazine rings is 1. The molecule has 1 fully saturated rings. The first-order valence-corrected chi connectivity index (χ1v) is 8.40. The summed E-state index contributed by atoms with van der Waals surface area (Å²) in [5, 5.41) is 3.38. The number of hydrogen-bond acceptors (Lipinski definition) is 5. The fourth-order valence-corrected chi connectivity index (χ4v) is 3.13. The Hall–Kier alpha value is -2.60. The molecule has 1 atom stereocenters. The third kappa shape index (κ3) is 3.58. The number of methoxy groups -OCH3 is 1. The van der Waals surface area contributed by atoms with Crippen LogP contribution in [0.3, 0.4) is 0 Å². The number of rotatable bonds is 4. The monoisotopic (exact) mass is 340 g/mol. The minimum absolute atomic E-state index is 0.0166. The van der Waals surface area contributed by atoms with E-state index in [4.69, 9.17) is 4.74 Å². The number of hydrogen-bond donors (Lipinski definition) is 1. The molecular formula is C19H24N4O2. The van der Waals surface area contributed by atoms with E-state index in [1.807, 2.05) is 54.2 Å². The van der Waals surface area contributed by atoms with Crippen molar-refractivity contribution >= 4 is 11.7 Å². The van der Waals surface area contributed by atoms with Crippen LogP contribution in [0.2, 0.25) is 0 Å². The Kier molecular flexibility index (Phi) is 5.19. The van der Waals surface area contributed by atoms with E-state index in [-0.39, 0.29) is 11.9 Å². The largest absolute Gasteiger partial charge is 0.496 e. The van der Waals surface area contributed by atoms with E-state index in [1.54, 1.807) is 19.4 Å². The molecule has 0 saturated carbocycles. The molecule has 2 heterocycles. The number of anilines is 1. The smallest absolute Gasteiger partial charge is 0.254 e. The Balaban J connectivity index is 1.93. The van der Waals surface area contributed by atoms with Crippen LogP contribution in [0.4, 0.5) is 5.82 Å². The predicted octanol–water partition coefficient (Wildman–Crippen LogP) is 1.94. The maximum Gasteiger partial charge on any atom is 0.254 e. The Morgan fingerprint density at radius 2 is 2.12 bits per heavy atom. The molecule has 1 aliphatic heterocycles. The fraction of sp³-hybridized carbons (Fsp3) is 0.368. The zero-order valence-corrected chi connectivity index (χ0v) is 14.9. The van der Waals surface area contributed by atoms with Gasteiger partial charge in [0.05, 0.1) is 13.2 Å². The Morgan fingerprint density at radius 1 is 1.32 bits per heavy atom. The number of nitrogens with one attached hydrogen (secondary N) is 1. The van der Waals surface area contributed by atoms with Crippen molar-refractivity contribution in [3.63, 3.8) is 0 Å². The average molecular weight is 340 g/mol. The summed E-state index contributed by atoms with van der Waals surface area (Å²) in [5.74, 6) is 1.59. The van der Waals surface area contributed by atoms with Crippen molar-refractivity contribution in [2.24, 2.45) is 0 Å². The number of nitrogens with zero attached hydrogens (tertiary/aromatic N) is 3. The van der Waals surface area contributed by atoms with E-state index in [2.05, 4.69) is 10.3 Å². The highest BCUT2D eigenvalue weighted by molar-refractivity contribution is 5.95. The van der Waals surface area contributed by atoms with Crippen molar-refractivity contribution in [1.29, 1.82) is 0 Å². The molecule has 1 saturated heterocycles. The van der Waals surface area contributed by atoms with Crippen LogP contribution in [0.5, 0.6) is 5.75 Å². The van der Waals surface area contributed by atoms with E-state index in [9.17, 15) is 4.79 Å². The minimum atomic E-state index is -0.0617. The first-order valence-electron chi connectivity index (χ1n) is 8.40. The molecule has 132 valence electrons. The van der Waals surface area contributed by atoms with Gasteiger partial charge in [0.25, 0.3) is 5.91 Å². The SMILES string of the molecule is COc1ccccc1C1CNCCN1C(=O)c1ccnc(N(C)C)c1. The van der Waals surface area contributed by atoms with Crippen molar-refractivity contribution in [2.45, 2.75) is 6.04 Å². The summed E-state index contributed by atoms with van der Waals surface area (Å²) in [6.45, 7) is 2.14. The number of carbonyl (C=O) groups is 1. The fourth-order valence-electron chi connectivity index (χ4n) is 3.13. The summed E-state index contributed by atoms with van der Waals surface area (Å²) in [7, 11) is 5.49. The molecular weight excluding hydrogens is 316 g/mol. The lowest BCUT2D eigenvalue weighted by atomic mass is 10.0. The second-order valence-electron chi connectivity index (χ2n) is 6.26. The topological polar surface area (TPSA) is 57.7 Å². The molecule has 1 aromatic heterocycles. The molecule has 0 aliphatic carbocycles. The summed E-state index contributed by atoms with van der Waals surface area (Å²) in [6.07, 6.45) is 1.68. The Morgan fingerprint density at radius 3 is 2.88 bits per heavy atom. The third-order valence-electron chi connectivity index (χ3n) is 4.45. The molecule has 3 rings (SSSR count). The molecule has 2 aromatic rings. The quantitative estimate of drug-likeness (QED) is 0.922. The van der Waals surface area contributed by atoms with Gasteiger partial charge in [-0.25, -0.2) is 4.98 Å². The summed E-state index contributed by atoms with van der Waals surface area (Å²) in [5.41, 5.74) is 1.67. The van der Waals surface area contributed by atoms with Crippen LogP contribution >= 0.6 is 0 Å². The standard InChI is InChI=1S/C19H24N4O2/c1-22(2)18-12-14(8-9-21-18)19(24)23-11-10-20-13-16(23)15-6-4-5-7-17(15)25-3/h4-9,12,16,20H,10-11,13H2,1-3H3. The molecule has 0 spiro atoms. The van der Waals surface area contributed by atoms with E-state index in [0.29, 0.717) is 18.7 Å². The Bertz CT molecular complexity index is 748. The first-order chi connectivity index (χ1) is 12.1. The highest BCUT2D eigenvalue weighted by Crippen LogP contribution is 2.31. The van der Waals surface area contributed by atoms with Gasteiger partial charge in [-0.2, -0.15) is 0 Å². The van der Waals surface area contributed by atoms with Crippen molar-refractivity contribution in [3.05, 3.63) is 53.7 Å². The summed E-state index contributed by atoms with van der Waals surface area (Å²) in [6, 6.07) is 11.4. The van der Waals surface area contributed by atoms with Gasteiger partial charge in [-0.15, -0.1) is 0 Å². The molecule has 0 radical (unpaired) electrons.